The normalized spacial score (nSPS) is 25.2. The molecule has 21 heteroatoms. The van der Waals surface area contributed by atoms with Crippen LogP contribution in [0.2, 0.25) is 0 Å². The molecule has 0 radical (unpaired) electrons. The van der Waals surface area contributed by atoms with Gasteiger partial charge in [-0.2, -0.15) is 27.6 Å². The number of fused-ring (bicyclic) bond motifs is 2. The number of ether oxygens (including phenoxy) is 5. The van der Waals surface area contributed by atoms with Crippen molar-refractivity contribution in [3.8, 4) is 5.88 Å². The molecule has 2 fully saturated rings. The molecule has 0 aliphatic carbocycles. The molecule has 286 valence electrons. The number of carbonyl (C=O) groups is 2. The number of nitrogens with one attached hydrogen (secondary N) is 1. The van der Waals surface area contributed by atoms with Crippen LogP contribution < -0.4 is 21.8 Å². The van der Waals surface area contributed by atoms with E-state index in [1.54, 1.807) is 15.4 Å². The van der Waals surface area contributed by atoms with E-state index in [2.05, 4.69) is 32.6 Å². The van der Waals surface area contributed by atoms with E-state index >= 15 is 0 Å². The fourth-order valence-corrected chi connectivity index (χ4v) is 8.92. The van der Waals surface area contributed by atoms with Crippen molar-refractivity contribution in [2.45, 2.75) is 98.2 Å². The Labute approximate surface area is 323 Å². The van der Waals surface area contributed by atoms with Crippen molar-refractivity contribution in [3.63, 3.8) is 0 Å². The fourth-order valence-electron chi connectivity index (χ4n) is 6.31. The van der Waals surface area contributed by atoms with Gasteiger partial charge in [-0.25, -0.2) is 0 Å². The van der Waals surface area contributed by atoms with E-state index in [1.165, 1.54) is 25.2 Å². The second-order valence-corrected chi connectivity index (χ2v) is 15.2. The molecule has 2 aliphatic rings. The molecule has 0 aromatic carbocycles. The summed E-state index contributed by atoms with van der Waals surface area (Å²) in [5.41, 5.74) is 12.0. The Kier molecular flexibility index (Phi) is 14.2. The molecule has 4 aromatic heterocycles. The molecule has 6 rings (SSSR count). The van der Waals surface area contributed by atoms with E-state index in [1.807, 2.05) is 34.6 Å². The number of nitrogen functional groups attached to an aromatic ring is 2. The topological polar surface area (TPSA) is 214 Å². The van der Waals surface area contributed by atoms with Gasteiger partial charge in [-0.15, -0.1) is 0 Å². The number of H-pyrrole nitrogens is 1. The third-order valence-electron chi connectivity index (χ3n) is 8.54. The SMILES string of the molecule is CCOc1nc(N)nc2c1sc(=S)n2[C@@H]1O[C@H](CC)[C@@H](C)[C@H]1OC(C)=O.CC[C@H]1O[C@@H](n2c(=S)sc3c(=O)[nH]c(N)nc32)[C@H](OC(C)=O)[C@@H]1C.CS. The molecule has 2 saturated heterocycles. The minimum absolute atomic E-state index is 0.00354. The molecule has 16 nitrogen and oxygen atoms in total. The lowest BCUT2D eigenvalue weighted by molar-refractivity contribution is -0.154. The smallest absolute Gasteiger partial charge is 0.303 e. The van der Waals surface area contributed by atoms with Crippen LogP contribution in [0.4, 0.5) is 11.9 Å². The van der Waals surface area contributed by atoms with Crippen LogP contribution in [-0.4, -0.2) is 78.3 Å². The van der Waals surface area contributed by atoms with Crippen LogP contribution >= 0.6 is 59.7 Å². The summed E-state index contributed by atoms with van der Waals surface area (Å²) < 4.78 is 34.3. The number of hydrogen-bond acceptors (Lipinski definition) is 18. The lowest BCUT2D eigenvalue weighted by Gasteiger charge is -2.22. The fraction of sp³-hybridized carbons (Fsp3) is 0.613. The van der Waals surface area contributed by atoms with Crippen LogP contribution in [-0.2, 0) is 28.5 Å². The van der Waals surface area contributed by atoms with E-state index in [-0.39, 0.29) is 47.5 Å². The quantitative estimate of drug-likeness (QED) is 0.0968. The number of esters is 2. The van der Waals surface area contributed by atoms with Crippen LogP contribution in [0.1, 0.15) is 73.8 Å². The number of aromatic amines is 1. The van der Waals surface area contributed by atoms with Gasteiger partial charge in [0.05, 0.1) is 18.8 Å². The van der Waals surface area contributed by atoms with E-state index in [4.69, 9.17) is 59.6 Å². The number of rotatable bonds is 8. The average Bonchev–Trinajstić information content (AvgIpc) is 3.78. The minimum atomic E-state index is -0.635. The number of thiazole rings is 2. The van der Waals surface area contributed by atoms with Gasteiger partial charge >= 0.3 is 11.9 Å². The van der Waals surface area contributed by atoms with Gasteiger partial charge in [0.15, 0.2) is 43.9 Å². The van der Waals surface area contributed by atoms with Crippen molar-refractivity contribution in [1.82, 2.24) is 29.1 Å². The summed E-state index contributed by atoms with van der Waals surface area (Å²) in [6.45, 7) is 13.1. The first-order valence-corrected chi connectivity index (χ1v) is 19.9. The maximum absolute atomic E-state index is 12.1. The largest absolute Gasteiger partial charge is 0.477 e. The van der Waals surface area contributed by atoms with Crippen molar-refractivity contribution in [2.24, 2.45) is 11.8 Å². The predicted octanol–water partition coefficient (Wildman–Crippen LogP) is 5.60. The standard InChI is InChI=1S/C16H22N4O4S2.C14H18N4O4S2.CH4S/c1-5-9-7(3)10(23-8(4)21)14(24-9)20-12-11(26-16(20)25)13(22-6-2)19-15(17)18-12;1-4-7-5(2)8(21-6(3)19)12(22-7)18-10-9(24-14(18)23)11(20)17-13(15)16-10;1-2/h7,9-10,14H,5-6H2,1-4H3,(H2,17,18,19);5,7-8,12H,4H2,1-3H3,(H3,15,16,17,20);2H,1H3/t7-,9-,10-,14-;5-,7-,8-,12-;/m11./s1. The molecule has 5 N–H and O–H groups in total. The monoisotopic (exact) mass is 816 g/mol. The molecule has 52 heavy (non-hydrogen) atoms. The lowest BCUT2D eigenvalue weighted by atomic mass is 9.98. The first kappa shape index (κ1) is 41.5. The third kappa shape index (κ3) is 8.44. The van der Waals surface area contributed by atoms with Gasteiger partial charge in [-0.05, 0) is 50.5 Å². The molecule has 2 aliphatic heterocycles. The summed E-state index contributed by atoms with van der Waals surface area (Å²) in [4.78, 5) is 50.4. The van der Waals surface area contributed by atoms with E-state index in [0.29, 0.717) is 41.1 Å². The highest BCUT2D eigenvalue weighted by Crippen LogP contribution is 2.42. The van der Waals surface area contributed by atoms with Crippen molar-refractivity contribution in [1.29, 1.82) is 0 Å². The number of hydrogen-bond donors (Lipinski definition) is 4. The predicted molar refractivity (Wildman–Crippen MR) is 208 cm³/mol. The zero-order valence-corrected chi connectivity index (χ0v) is 34.1. The molecule has 0 unspecified atom stereocenters. The first-order valence-electron chi connectivity index (χ1n) is 16.5. The molecule has 4 aromatic rings. The number of carbonyl (C=O) groups excluding carboxylic acids is 2. The lowest BCUT2D eigenvalue weighted by Crippen LogP contribution is -2.30. The highest BCUT2D eigenvalue weighted by molar-refractivity contribution is 7.79. The van der Waals surface area contributed by atoms with E-state index in [0.717, 1.165) is 24.2 Å². The highest BCUT2D eigenvalue weighted by Gasteiger charge is 2.46. The number of thiol groups is 1. The van der Waals surface area contributed by atoms with Crippen LogP contribution in [0.3, 0.4) is 0 Å². The van der Waals surface area contributed by atoms with Gasteiger partial charge < -0.3 is 35.2 Å². The van der Waals surface area contributed by atoms with Gasteiger partial charge in [0.25, 0.3) is 5.56 Å². The third-order valence-corrected chi connectivity index (χ3v) is 11.3. The number of nitrogens with zero attached hydrogens (tertiary/aromatic N) is 5. The molecule has 0 spiro atoms. The van der Waals surface area contributed by atoms with Crippen molar-refractivity contribution < 1.29 is 33.3 Å². The molecule has 6 heterocycles. The zero-order chi connectivity index (χ0) is 38.6. The number of nitrogens with two attached hydrogens (primary N) is 2. The summed E-state index contributed by atoms with van der Waals surface area (Å²) in [7, 11) is 0. The van der Waals surface area contributed by atoms with Gasteiger partial charge in [0.2, 0.25) is 17.8 Å². The Hall–Kier alpha value is -3.21. The van der Waals surface area contributed by atoms with E-state index < -0.39 is 30.6 Å². The Morgan fingerprint density at radius 2 is 1.31 bits per heavy atom. The molecule has 8 atom stereocenters. The van der Waals surface area contributed by atoms with E-state index in [9.17, 15) is 14.4 Å². The maximum Gasteiger partial charge on any atom is 0.303 e. The average molecular weight is 817 g/mol. The van der Waals surface area contributed by atoms with Gasteiger partial charge in [-0.3, -0.25) is 28.5 Å². The molecular formula is C31H44N8O8S5. The van der Waals surface area contributed by atoms with Gasteiger partial charge in [-0.1, -0.05) is 50.4 Å². The Morgan fingerprint density at radius 3 is 1.75 bits per heavy atom. The number of anilines is 2. The second-order valence-electron chi connectivity index (χ2n) is 11.9. The summed E-state index contributed by atoms with van der Waals surface area (Å²) in [5, 5.41) is 0. The first-order chi connectivity index (χ1) is 24.7. The molecular weight excluding hydrogens is 773 g/mol. The summed E-state index contributed by atoms with van der Waals surface area (Å²) >= 11 is 16.9. The number of aromatic nitrogens is 6. The Bertz CT molecular complexity index is 2080. The summed E-state index contributed by atoms with van der Waals surface area (Å²) in [6.07, 6.45) is 0.940. The van der Waals surface area contributed by atoms with Gasteiger partial charge in [0, 0.05) is 25.7 Å². The van der Waals surface area contributed by atoms with Crippen molar-refractivity contribution in [2.75, 3.05) is 24.3 Å². The summed E-state index contributed by atoms with van der Waals surface area (Å²) in [6, 6.07) is 0. The second kappa shape index (κ2) is 17.7. The Balaban J connectivity index is 0.000000223. The van der Waals surface area contributed by atoms with Gasteiger partial charge in [0.1, 0.15) is 9.40 Å². The molecule has 0 bridgehead atoms. The molecule has 0 amide bonds. The highest BCUT2D eigenvalue weighted by atomic mass is 32.2. The van der Waals surface area contributed by atoms with Crippen molar-refractivity contribution in [3.05, 3.63) is 18.3 Å². The minimum Gasteiger partial charge on any atom is -0.477 e. The summed E-state index contributed by atoms with van der Waals surface area (Å²) in [5.74, 6) is -0.264. The van der Waals surface area contributed by atoms with Crippen LogP contribution in [0, 0.1) is 19.7 Å². The maximum atomic E-state index is 12.1. The van der Waals surface area contributed by atoms with Crippen LogP contribution in [0.25, 0.3) is 20.7 Å². The zero-order valence-electron chi connectivity index (χ0n) is 30.0. The van der Waals surface area contributed by atoms with Crippen LogP contribution in [0.5, 0.6) is 5.88 Å². The Morgan fingerprint density at radius 1 is 0.846 bits per heavy atom. The molecule has 0 saturated carbocycles. The van der Waals surface area contributed by atoms with Crippen LogP contribution in [0.15, 0.2) is 4.79 Å². The van der Waals surface area contributed by atoms with Crippen molar-refractivity contribution >= 4 is 104 Å².